The largest absolute Gasteiger partial charge is 0.198 e. The van der Waals surface area contributed by atoms with E-state index in [1.54, 1.807) is 0 Å². The van der Waals surface area contributed by atoms with Crippen molar-refractivity contribution in [3.05, 3.63) is 0 Å². The smallest absolute Gasteiger partial charge is 0.0621 e. The van der Waals surface area contributed by atoms with Crippen LogP contribution in [0.3, 0.4) is 0 Å². The maximum atomic E-state index is 8.71. The summed E-state index contributed by atoms with van der Waals surface area (Å²) in [5.74, 6) is 0.795. The van der Waals surface area contributed by atoms with Gasteiger partial charge >= 0.3 is 0 Å². The van der Waals surface area contributed by atoms with Crippen LogP contribution in [0.5, 0.6) is 0 Å². The van der Waals surface area contributed by atoms with Crippen molar-refractivity contribution < 1.29 is 0 Å². The molecule has 2 heteroatoms. The van der Waals surface area contributed by atoms with Crippen molar-refractivity contribution in [2.24, 2.45) is 16.7 Å². The van der Waals surface area contributed by atoms with Crippen molar-refractivity contribution in [3.8, 4) is 6.07 Å². The van der Waals surface area contributed by atoms with Crippen molar-refractivity contribution in [3.63, 3.8) is 0 Å². The number of hydrogen-bond acceptors (Lipinski definition) is 1. The number of halogens is 1. The maximum Gasteiger partial charge on any atom is 0.0621 e. The minimum absolute atomic E-state index is 0.259. The third kappa shape index (κ3) is 1.07. The molecule has 0 aromatic heterocycles. The molecule has 0 aromatic carbocycles. The summed E-state index contributed by atoms with van der Waals surface area (Å²) in [6, 6.07) is 2.27. The lowest BCUT2D eigenvalue weighted by molar-refractivity contribution is 0.121. The molecule has 3 atom stereocenters. The summed E-state index contributed by atoms with van der Waals surface area (Å²) in [4.78, 5) is 0. The Bertz CT molecular complexity index is 279. The van der Waals surface area contributed by atoms with Crippen molar-refractivity contribution in [1.82, 2.24) is 0 Å². The molecule has 14 heavy (non-hydrogen) atoms. The predicted octanol–water partition coefficient (Wildman–Crippen LogP) is 3.72. The second-order valence-corrected chi connectivity index (χ2v) is 6.00. The van der Waals surface area contributed by atoms with Crippen LogP contribution in [-0.2, 0) is 0 Å². The molecule has 0 amide bonds. The standard InChI is InChI=1S/C12H18ClN/c1-11(2)9-4-6-12(11,5-3-7-14)10(13)8-9/h9-10H,3-6,8H2,1-2H3/t9-,10+,12+/m0/s1. The van der Waals surface area contributed by atoms with Gasteiger partial charge in [-0.3, -0.25) is 0 Å². The zero-order valence-corrected chi connectivity index (χ0v) is 9.77. The first-order valence-electron chi connectivity index (χ1n) is 5.55. The second kappa shape index (κ2) is 3.14. The van der Waals surface area contributed by atoms with E-state index in [9.17, 15) is 0 Å². The summed E-state index contributed by atoms with van der Waals surface area (Å²) in [7, 11) is 0. The van der Waals surface area contributed by atoms with Crippen LogP contribution in [0, 0.1) is 28.1 Å². The Labute approximate surface area is 91.4 Å². The number of nitriles is 1. The Balaban J connectivity index is 2.26. The highest BCUT2D eigenvalue weighted by Gasteiger charge is 2.62. The quantitative estimate of drug-likeness (QED) is 0.639. The van der Waals surface area contributed by atoms with Crippen molar-refractivity contribution >= 4 is 11.6 Å². The summed E-state index contributed by atoms with van der Waals surface area (Å²) in [5, 5.41) is 9.02. The lowest BCUT2D eigenvalue weighted by Gasteiger charge is -2.40. The number of fused-ring (bicyclic) bond motifs is 2. The van der Waals surface area contributed by atoms with Gasteiger partial charge in [-0.25, -0.2) is 0 Å². The molecule has 1 nitrogen and oxygen atoms in total. The summed E-state index contributed by atoms with van der Waals surface area (Å²) < 4.78 is 0. The molecule has 2 aliphatic rings. The molecule has 0 spiro atoms. The molecule has 2 bridgehead atoms. The summed E-state index contributed by atoms with van der Waals surface area (Å²) in [6.45, 7) is 4.70. The lowest BCUT2D eigenvalue weighted by atomic mass is 9.67. The van der Waals surface area contributed by atoms with Crippen molar-refractivity contribution in [2.75, 3.05) is 0 Å². The molecule has 2 aliphatic carbocycles. The van der Waals surface area contributed by atoms with Crippen LogP contribution in [0.4, 0.5) is 0 Å². The van der Waals surface area contributed by atoms with Crippen LogP contribution < -0.4 is 0 Å². The van der Waals surface area contributed by atoms with Gasteiger partial charge in [0.05, 0.1) is 6.07 Å². The molecule has 0 aliphatic heterocycles. The van der Waals surface area contributed by atoms with Gasteiger partial charge in [0, 0.05) is 11.8 Å². The molecule has 2 saturated carbocycles. The first-order valence-corrected chi connectivity index (χ1v) is 5.99. The topological polar surface area (TPSA) is 23.8 Å². The monoisotopic (exact) mass is 211 g/mol. The van der Waals surface area contributed by atoms with Gasteiger partial charge in [0.1, 0.15) is 0 Å². The highest BCUT2D eigenvalue weighted by Crippen LogP contribution is 2.68. The fourth-order valence-electron chi connectivity index (χ4n) is 3.85. The molecular formula is C12H18ClN. The fraction of sp³-hybridized carbons (Fsp3) is 0.917. The Morgan fingerprint density at radius 3 is 2.64 bits per heavy atom. The number of hydrogen-bond donors (Lipinski definition) is 0. The molecule has 0 saturated heterocycles. The zero-order valence-electron chi connectivity index (χ0n) is 9.02. The van der Waals surface area contributed by atoms with E-state index in [0.717, 1.165) is 12.3 Å². The maximum absolute atomic E-state index is 8.71. The van der Waals surface area contributed by atoms with Gasteiger partial charge in [-0.15, -0.1) is 11.6 Å². The highest BCUT2D eigenvalue weighted by atomic mass is 35.5. The van der Waals surface area contributed by atoms with Gasteiger partial charge in [-0.2, -0.15) is 5.26 Å². The second-order valence-electron chi connectivity index (χ2n) is 5.47. The average Bonchev–Trinajstić information content (AvgIpc) is 2.48. The normalized spacial score (nSPS) is 43.9. The molecule has 0 aromatic rings. The molecule has 0 heterocycles. The van der Waals surface area contributed by atoms with Crippen LogP contribution in [0.25, 0.3) is 0 Å². The van der Waals surface area contributed by atoms with Gasteiger partial charge in [0.25, 0.3) is 0 Å². The summed E-state index contributed by atoms with van der Waals surface area (Å²) in [5.41, 5.74) is 0.616. The number of alkyl halides is 1. The van der Waals surface area contributed by atoms with E-state index in [0.29, 0.717) is 17.2 Å². The molecule has 0 unspecified atom stereocenters. The zero-order chi connectivity index (χ0) is 10.4. The molecule has 0 radical (unpaired) electrons. The van der Waals surface area contributed by atoms with E-state index in [4.69, 9.17) is 16.9 Å². The van der Waals surface area contributed by atoms with Gasteiger partial charge < -0.3 is 0 Å². The van der Waals surface area contributed by atoms with Crippen LogP contribution in [-0.4, -0.2) is 5.38 Å². The Morgan fingerprint density at radius 2 is 2.21 bits per heavy atom. The average molecular weight is 212 g/mol. The van der Waals surface area contributed by atoms with E-state index in [1.165, 1.54) is 19.3 Å². The van der Waals surface area contributed by atoms with Crippen LogP contribution >= 0.6 is 11.6 Å². The van der Waals surface area contributed by atoms with Crippen LogP contribution in [0.1, 0.15) is 46.0 Å². The van der Waals surface area contributed by atoms with E-state index < -0.39 is 0 Å². The first kappa shape index (κ1) is 10.3. The third-order valence-corrected chi connectivity index (χ3v) is 5.61. The molecular weight excluding hydrogens is 194 g/mol. The lowest BCUT2D eigenvalue weighted by Crippen LogP contribution is -2.36. The third-order valence-electron chi connectivity index (χ3n) is 5.02. The summed E-state index contributed by atoms with van der Waals surface area (Å²) >= 11 is 6.48. The minimum Gasteiger partial charge on any atom is -0.198 e. The Morgan fingerprint density at radius 1 is 1.50 bits per heavy atom. The fourth-order valence-corrected chi connectivity index (χ4v) is 4.57. The molecule has 2 rings (SSSR count). The first-order chi connectivity index (χ1) is 6.54. The summed E-state index contributed by atoms with van der Waals surface area (Å²) in [6.07, 6.45) is 5.39. The van der Waals surface area contributed by atoms with Crippen molar-refractivity contribution in [2.45, 2.75) is 51.3 Å². The van der Waals surface area contributed by atoms with Gasteiger partial charge in [0.15, 0.2) is 0 Å². The van der Waals surface area contributed by atoms with Crippen LogP contribution in [0.2, 0.25) is 0 Å². The SMILES string of the molecule is CC1(C)[C@H]2CC[C@]1(CCC#N)[C@H](Cl)C2. The van der Waals surface area contributed by atoms with Gasteiger partial charge in [-0.1, -0.05) is 13.8 Å². The Hall–Kier alpha value is -0.220. The van der Waals surface area contributed by atoms with E-state index in [1.807, 2.05) is 0 Å². The van der Waals surface area contributed by atoms with E-state index in [2.05, 4.69) is 19.9 Å². The highest BCUT2D eigenvalue weighted by molar-refractivity contribution is 6.21. The predicted molar refractivity (Wildman–Crippen MR) is 58.0 cm³/mol. The number of nitrogens with zero attached hydrogens (tertiary/aromatic N) is 1. The molecule has 78 valence electrons. The van der Waals surface area contributed by atoms with Gasteiger partial charge in [-0.05, 0) is 42.4 Å². The molecule has 2 fully saturated rings. The van der Waals surface area contributed by atoms with Gasteiger partial charge in [0.2, 0.25) is 0 Å². The van der Waals surface area contributed by atoms with E-state index in [-0.39, 0.29) is 5.41 Å². The van der Waals surface area contributed by atoms with Crippen LogP contribution in [0.15, 0.2) is 0 Å². The van der Waals surface area contributed by atoms with E-state index >= 15 is 0 Å². The van der Waals surface area contributed by atoms with Crippen molar-refractivity contribution in [1.29, 1.82) is 5.26 Å². The Kier molecular flexibility index (Phi) is 2.31. The molecule has 0 N–H and O–H groups in total. The minimum atomic E-state index is 0.259. The number of rotatable bonds is 2.